The van der Waals surface area contributed by atoms with Crippen LogP contribution < -0.4 is 4.67 Å². The minimum Gasteiger partial charge on any atom is -0.407 e. The summed E-state index contributed by atoms with van der Waals surface area (Å²) in [5.41, 5.74) is 10.9. The van der Waals surface area contributed by atoms with Crippen LogP contribution in [0.25, 0.3) is 44.2 Å². The lowest BCUT2D eigenvalue weighted by molar-refractivity contribution is 0.627. The minimum atomic E-state index is -1.50. The molecule has 0 atom stereocenters. The van der Waals surface area contributed by atoms with Crippen LogP contribution in [0.1, 0.15) is 47.9 Å². The van der Waals surface area contributed by atoms with Crippen LogP contribution in [0.4, 0.5) is 8.78 Å². The molecule has 0 saturated heterocycles. The van der Waals surface area contributed by atoms with Crippen molar-refractivity contribution in [1.29, 1.82) is 0 Å². The molecular weight excluding hydrogens is 523 g/mol. The van der Waals surface area contributed by atoms with Crippen molar-refractivity contribution in [2.24, 2.45) is 0 Å². The Morgan fingerprint density at radius 1 is 0.600 bits per heavy atom. The summed E-state index contributed by atoms with van der Waals surface area (Å²) in [6, 6.07) is 18.0. The number of hydrogen-bond donors (Lipinski definition) is 0. The van der Waals surface area contributed by atoms with E-state index in [1.807, 2.05) is 43.0 Å². The lowest BCUT2D eigenvalue weighted by Gasteiger charge is -2.23. The van der Waals surface area contributed by atoms with Gasteiger partial charge in [0.25, 0.3) is 0 Å². The topological polar surface area (TPSA) is 29.5 Å². The third-order valence-corrected chi connectivity index (χ3v) is 9.76. The molecule has 40 heavy (non-hydrogen) atoms. The van der Waals surface area contributed by atoms with Gasteiger partial charge in [-0.1, -0.05) is 24.3 Å². The Labute approximate surface area is 234 Å². The predicted octanol–water partition coefficient (Wildman–Crippen LogP) is 9.86. The fraction of sp³-hybridized carbons (Fsp3) is 0.294. The van der Waals surface area contributed by atoms with Crippen LogP contribution in [0.5, 0.6) is 0 Å². The van der Waals surface area contributed by atoms with E-state index in [9.17, 15) is 8.78 Å². The molecular formula is C34H32F2NO2P. The van der Waals surface area contributed by atoms with E-state index < -0.39 is 8.16 Å². The van der Waals surface area contributed by atoms with E-state index in [1.165, 1.54) is 46.5 Å². The fourth-order valence-corrected chi connectivity index (χ4v) is 7.57. The first-order valence-corrected chi connectivity index (χ1v) is 15.3. The molecule has 0 unspecified atom stereocenters. The third-order valence-electron chi connectivity index (χ3n) is 8.43. The number of halogens is 2. The van der Waals surface area contributed by atoms with Crippen LogP contribution in [0.3, 0.4) is 0 Å². The highest BCUT2D eigenvalue weighted by molar-refractivity contribution is 7.38. The average molecular weight is 556 g/mol. The number of aryl methyl sites for hydroxylation is 4. The van der Waals surface area contributed by atoms with Crippen molar-refractivity contribution in [2.75, 3.05) is 18.8 Å². The van der Waals surface area contributed by atoms with Gasteiger partial charge < -0.3 is 8.39 Å². The molecule has 2 aliphatic carbocycles. The molecule has 7 rings (SSSR count). The molecule has 6 heteroatoms. The first-order valence-electron chi connectivity index (χ1n) is 14.2. The average Bonchev–Trinajstić information content (AvgIpc) is 3.16. The zero-order chi connectivity index (χ0) is 27.4. The van der Waals surface area contributed by atoms with Crippen LogP contribution in [0, 0.1) is 11.6 Å². The highest BCUT2D eigenvalue weighted by Gasteiger charge is 2.26. The Kier molecular flexibility index (Phi) is 6.53. The smallest absolute Gasteiger partial charge is 0.309 e. The summed E-state index contributed by atoms with van der Waals surface area (Å²) in [7, 11) is 2.45. The number of nitrogens with zero attached hydrogens (tertiary/aromatic N) is 1. The summed E-state index contributed by atoms with van der Waals surface area (Å²) < 4.78 is 43.8. The molecule has 5 aromatic rings. The SMILES string of the molecule is CN(C)p1oc2c(-c3ccc(F)cc3)cc3c(c2c2c4c(cc(-c5ccc(F)cc5)c2o1)CCCC4)CCCC3. The van der Waals surface area contributed by atoms with E-state index in [2.05, 4.69) is 12.1 Å². The summed E-state index contributed by atoms with van der Waals surface area (Å²) in [5, 5.41) is 2.28. The van der Waals surface area contributed by atoms with Crippen molar-refractivity contribution in [3.05, 3.63) is 94.6 Å². The van der Waals surface area contributed by atoms with Crippen LogP contribution >= 0.6 is 8.16 Å². The van der Waals surface area contributed by atoms with Crippen molar-refractivity contribution >= 4 is 30.1 Å². The lowest BCUT2D eigenvalue weighted by Crippen LogP contribution is -2.07. The van der Waals surface area contributed by atoms with Gasteiger partial charge in [-0.25, -0.2) is 13.5 Å². The first-order chi connectivity index (χ1) is 19.5. The molecule has 0 saturated carbocycles. The van der Waals surface area contributed by atoms with Crippen LogP contribution in [0.2, 0.25) is 0 Å². The zero-order valence-corrected chi connectivity index (χ0v) is 23.8. The molecule has 1 heterocycles. The number of rotatable bonds is 3. The summed E-state index contributed by atoms with van der Waals surface area (Å²) in [5.74, 6) is -0.508. The highest BCUT2D eigenvalue weighted by atomic mass is 31.1. The second-order valence-electron chi connectivity index (χ2n) is 11.2. The van der Waals surface area contributed by atoms with Gasteiger partial charge in [0.15, 0.2) is 11.2 Å². The minimum absolute atomic E-state index is 0.254. The van der Waals surface area contributed by atoms with Gasteiger partial charge in [0.1, 0.15) is 11.6 Å². The zero-order valence-electron chi connectivity index (χ0n) is 22.9. The Morgan fingerprint density at radius 3 is 1.40 bits per heavy atom. The molecule has 4 aromatic carbocycles. The summed E-state index contributed by atoms with van der Waals surface area (Å²) in [6.07, 6.45) is 8.55. The highest BCUT2D eigenvalue weighted by Crippen LogP contribution is 2.48. The molecule has 0 N–H and O–H groups in total. The molecule has 0 spiro atoms. The molecule has 3 nitrogen and oxygen atoms in total. The predicted molar refractivity (Wildman–Crippen MR) is 160 cm³/mol. The summed E-state index contributed by atoms with van der Waals surface area (Å²) in [6.45, 7) is 0. The lowest BCUT2D eigenvalue weighted by atomic mass is 9.81. The third kappa shape index (κ3) is 4.36. The van der Waals surface area contributed by atoms with Gasteiger partial charge >= 0.3 is 8.16 Å². The molecule has 1 aromatic heterocycles. The largest absolute Gasteiger partial charge is 0.407 e. The number of benzene rings is 4. The van der Waals surface area contributed by atoms with E-state index in [-0.39, 0.29) is 11.6 Å². The normalized spacial score (nSPS) is 14.9. The molecule has 0 aliphatic heterocycles. The Balaban J connectivity index is 1.73. The monoisotopic (exact) mass is 555 g/mol. The van der Waals surface area contributed by atoms with E-state index >= 15 is 0 Å². The standard InChI is InChI=1S/C34H32F2NO2P/c1-37(2)40-38-33-29(21-11-15-25(35)16-12-21)19-23-7-3-5-9-27(23)31(33)32-28-10-6-4-8-24(28)20-30(34(32)39-40)22-13-17-26(36)18-14-22/h11-20H,3-10H2,1-2H3. The summed E-state index contributed by atoms with van der Waals surface area (Å²) in [4.78, 5) is 0. The van der Waals surface area contributed by atoms with Gasteiger partial charge in [0, 0.05) is 36.0 Å². The van der Waals surface area contributed by atoms with Crippen molar-refractivity contribution < 1.29 is 17.2 Å². The van der Waals surface area contributed by atoms with Gasteiger partial charge in [-0.05, 0) is 121 Å². The molecule has 0 fully saturated rings. The van der Waals surface area contributed by atoms with Crippen LogP contribution in [-0.4, -0.2) is 14.1 Å². The number of hydrogen-bond acceptors (Lipinski definition) is 3. The molecule has 0 bridgehead atoms. The van der Waals surface area contributed by atoms with Crippen molar-refractivity contribution in [1.82, 2.24) is 0 Å². The molecule has 0 amide bonds. The molecule has 2 aliphatic rings. The quantitative estimate of drug-likeness (QED) is 0.222. The van der Waals surface area contributed by atoms with Gasteiger partial charge in [-0.2, -0.15) is 0 Å². The van der Waals surface area contributed by atoms with E-state index in [0.717, 1.165) is 95.6 Å². The maximum atomic E-state index is 14.0. The van der Waals surface area contributed by atoms with Gasteiger partial charge in [0.05, 0.1) is 0 Å². The van der Waals surface area contributed by atoms with Gasteiger partial charge in [0.2, 0.25) is 0 Å². The van der Waals surface area contributed by atoms with Crippen molar-refractivity contribution in [2.45, 2.75) is 51.4 Å². The molecule has 204 valence electrons. The summed E-state index contributed by atoms with van der Waals surface area (Å²) >= 11 is 0. The van der Waals surface area contributed by atoms with E-state index in [1.54, 1.807) is 0 Å². The van der Waals surface area contributed by atoms with Crippen LogP contribution in [-0.2, 0) is 25.7 Å². The van der Waals surface area contributed by atoms with Gasteiger partial charge in [-0.15, -0.1) is 0 Å². The van der Waals surface area contributed by atoms with Crippen LogP contribution in [0.15, 0.2) is 69.1 Å². The maximum absolute atomic E-state index is 14.0. The Morgan fingerprint density at radius 2 is 1.00 bits per heavy atom. The molecule has 0 radical (unpaired) electrons. The Hall–Kier alpha value is -3.40. The maximum Gasteiger partial charge on any atom is 0.309 e. The fourth-order valence-electron chi connectivity index (χ4n) is 6.51. The van der Waals surface area contributed by atoms with E-state index in [4.69, 9.17) is 8.39 Å². The first kappa shape index (κ1) is 25.6. The second-order valence-corrected chi connectivity index (χ2v) is 12.9. The van der Waals surface area contributed by atoms with Crippen molar-refractivity contribution in [3.8, 4) is 22.3 Å². The van der Waals surface area contributed by atoms with E-state index in [0.29, 0.717) is 0 Å². The Bertz CT molecular complexity index is 1660. The van der Waals surface area contributed by atoms with Crippen molar-refractivity contribution in [3.63, 3.8) is 0 Å². The van der Waals surface area contributed by atoms with Gasteiger partial charge in [-0.3, -0.25) is 0 Å². The second kappa shape index (κ2) is 10.2. The number of fused-ring (bicyclic) bond motifs is 7.